The molecule has 3 aromatic rings. The molecule has 1 N–H and O–H groups in total. The molecule has 0 fully saturated rings. The molecule has 0 aliphatic heterocycles. The number of rotatable bonds is 8. The second kappa shape index (κ2) is 10.3. The number of methoxy groups -OCH3 is 1. The molecule has 0 saturated carbocycles. The van der Waals surface area contributed by atoms with Gasteiger partial charge in [0.25, 0.3) is 5.56 Å². The lowest BCUT2D eigenvalue weighted by Crippen LogP contribution is -2.23. The maximum atomic E-state index is 13.1. The molecule has 10 heteroatoms. The molecule has 0 aliphatic carbocycles. The molecule has 0 unspecified atom stereocenters. The van der Waals surface area contributed by atoms with Gasteiger partial charge < -0.3 is 14.6 Å². The fourth-order valence-corrected chi connectivity index (χ4v) is 3.75. The zero-order valence-corrected chi connectivity index (χ0v) is 20.8. The lowest BCUT2D eigenvalue weighted by atomic mass is 10.2. The highest BCUT2D eigenvalue weighted by Crippen LogP contribution is 2.33. The van der Waals surface area contributed by atoms with Crippen molar-refractivity contribution in [2.24, 2.45) is 5.10 Å². The van der Waals surface area contributed by atoms with Crippen molar-refractivity contribution in [3.8, 4) is 11.5 Å². The first-order chi connectivity index (χ1) is 15.2. The minimum absolute atomic E-state index is 0.269. The lowest BCUT2D eigenvalue weighted by Gasteiger charge is -2.15. The highest BCUT2D eigenvalue weighted by atomic mass is 79.9. The van der Waals surface area contributed by atoms with Crippen molar-refractivity contribution < 1.29 is 19.4 Å². The Bertz CT molecular complexity index is 1260. The van der Waals surface area contributed by atoms with Gasteiger partial charge in [-0.2, -0.15) is 9.78 Å². The van der Waals surface area contributed by atoms with Crippen LogP contribution in [0.5, 0.6) is 11.5 Å². The summed E-state index contributed by atoms with van der Waals surface area (Å²) >= 11 is 6.84. The number of ether oxygens (including phenoxy) is 2. The minimum Gasteiger partial charge on any atom is -0.493 e. The lowest BCUT2D eigenvalue weighted by molar-refractivity contribution is -0.144. The SMILES string of the molecule is CCCc1nc2ccc(Br)cc2c(=O)n1N=Cc1cc(OC)c(O[C@H](C)C(=O)O)cc1Br. The molecule has 1 heterocycles. The molecule has 2 aromatic carbocycles. The van der Waals surface area contributed by atoms with E-state index in [0.717, 1.165) is 10.9 Å². The molecule has 8 nitrogen and oxygen atoms in total. The van der Waals surface area contributed by atoms with Crippen molar-refractivity contribution in [1.29, 1.82) is 0 Å². The van der Waals surface area contributed by atoms with Crippen LogP contribution in [0.1, 0.15) is 31.7 Å². The number of nitrogens with zero attached hydrogens (tertiary/aromatic N) is 3. The molecule has 1 atom stereocenters. The van der Waals surface area contributed by atoms with E-state index in [1.807, 2.05) is 13.0 Å². The average molecular weight is 567 g/mol. The maximum Gasteiger partial charge on any atom is 0.344 e. The fraction of sp³-hybridized carbons (Fsp3) is 0.273. The van der Waals surface area contributed by atoms with E-state index in [9.17, 15) is 9.59 Å². The van der Waals surface area contributed by atoms with E-state index >= 15 is 0 Å². The Labute approximate surface area is 201 Å². The number of hydrogen-bond donors (Lipinski definition) is 1. The van der Waals surface area contributed by atoms with Crippen LogP contribution in [0.2, 0.25) is 0 Å². The molecule has 0 bridgehead atoms. The van der Waals surface area contributed by atoms with Gasteiger partial charge in [0.05, 0.1) is 24.2 Å². The average Bonchev–Trinajstić information content (AvgIpc) is 2.75. The fourth-order valence-electron chi connectivity index (χ4n) is 2.96. The van der Waals surface area contributed by atoms with Crippen molar-refractivity contribution in [3.05, 3.63) is 61.0 Å². The molecular weight excluding hydrogens is 546 g/mol. The number of halogens is 2. The highest BCUT2D eigenvalue weighted by Gasteiger charge is 2.17. The van der Waals surface area contributed by atoms with Crippen LogP contribution in [0.3, 0.4) is 0 Å². The number of fused-ring (bicyclic) bond motifs is 1. The Morgan fingerprint density at radius 1 is 1.28 bits per heavy atom. The second-order valence-electron chi connectivity index (χ2n) is 6.92. The zero-order chi connectivity index (χ0) is 23.4. The highest BCUT2D eigenvalue weighted by molar-refractivity contribution is 9.10. The van der Waals surface area contributed by atoms with Crippen molar-refractivity contribution in [2.75, 3.05) is 7.11 Å². The zero-order valence-electron chi connectivity index (χ0n) is 17.6. The van der Waals surface area contributed by atoms with Gasteiger partial charge in [0, 0.05) is 20.9 Å². The number of aromatic nitrogens is 2. The molecule has 32 heavy (non-hydrogen) atoms. The van der Waals surface area contributed by atoms with E-state index in [2.05, 4.69) is 41.9 Å². The number of aryl methyl sites for hydroxylation is 1. The molecule has 0 spiro atoms. The third-order valence-electron chi connectivity index (χ3n) is 4.60. The van der Waals surface area contributed by atoms with Crippen LogP contribution >= 0.6 is 31.9 Å². The number of aliphatic carboxylic acids is 1. The summed E-state index contributed by atoms with van der Waals surface area (Å²) in [5.74, 6) is 0.0749. The topological polar surface area (TPSA) is 103 Å². The Hall–Kier alpha value is -2.72. The van der Waals surface area contributed by atoms with E-state index in [1.54, 1.807) is 24.3 Å². The van der Waals surface area contributed by atoms with Crippen LogP contribution in [0.4, 0.5) is 0 Å². The number of carbonyl (C=O) groups is 1. The first-order valence-corrected chi connectivity index (χ1v) is 11.4. The molecule has 0 saturated heterocycles. The molecule has 0 amide bonds. The van der Waals surface area contributed by atoms with E-state index in [1.165, 1.54) is 24.9 Å². The summed E-state index contributed by atoms with van der Waals surface area (Å²) in [6.45, 7) is 3.43. The van der Waals surface area contributed by atoms with Gasteiger partial charge in [0.15, 0.2) is 17.6 Å². The van der Waals surface area contributed by atoms with Gasteiger partial charge in [0.2, 0.25) is 0 Å². The predicted octanol–water partition coefficient (Wildman–Crippen LogP) is 4.62. The molecule has 0 aliphatic rings. The van der Waals surface area contributed by atoms with E-state index in [-0.39, 0.29) is 11.3 Å². The second-order valence-corrected chi connectivity index (χ2v) is 8.69. The molecular formula is C22H21Br2N3O5. The summed E-state index contributed by atoms with van der Waals surface area (Å²) in [6, 6.07) is 8.61. The van der Waals surface area contributed by atoms with Gasteiger partial charge in [-0.25, -0.2) is 9.78 Å². The monoisotopic (exact) mass is 565 g/mol. The summed E-state index contributed by atoms with van der Waals surface area (Å²) in [7, 11) is 1.46. The van der Waals surface area contributed by atoms with E-state index < -0.39 is 12.1 Å². The number of carboxylic acids is 1. The van der Waals surface area contributed by atoms with Crippen molar-refractivity contribution in [3.63, 3.8) is 0 Å². The molecule has 168 valence electrons. The van der Waals surface area contributed by atoms with Crippen molar-refractivity contribution in [2.45, 2.75) is 32.8 Å². The van der Waals surface area contributed by atoms with Crippen LogP contribution in [-0.2, 0) is 11.2 Å². The summed E-state index contributed by atoms with van der Waals surface area (Å²) < 4.78 is 13.5. The largest absolute Gasteiger partial charge is 0.493 e. The standard InChI is InChI=1S/C22H21Br2N3O5/c1-4-5-20-26-17-7-6-14(23)9-15(17)21(28)27(20)25-11-13-8-18(31-3)19(10-16(13)24)32-12(2)22(29)30/h6-12H,4-5H2,1-3H3,(H,29,30)/t12-/m1/s1. The van der Waals surface area contributed by atoms with Gasteiger partial charge in [-0.3, -0.25) is 4.79 Å². The molecule has 1 aromatic heterocycles. The Kier molecular flexibility index (Phi) is 7.68. The van der Waals surface area contributed by atoms with Crippen LogP contribution in [0, 0.1) is 0 Å². The first-order valence-electron chi connectivity index (χ1n) is 9.77. The Balaban J connectivity index is 2.06. The normalized spacial score (nSPS) is 12.3. The summed E-state index contributed by atoms with van der Waals surface area (Å²) in [5.41, 5.74) is 0.959. The maximum absolute atomic E-state index is 13.1. The van der Waals surface area contributed by atoms with E-state index in [0.29, 0.717) is 38.9 Å². The van der Waals surface area contributed by atoms with Gasteiger partial charge in [-0.1, -0.05) is 22.9 Å². The quantitative estimate of drug-likeness (QED) is 0.399. The van der Waals surface area contributed by atoms with Crippen molar-refractivity contribution >= 4 is 54.9 Å². The number of carboxylic acid groups (broad SMARTS) is 1. The van der Waals surface area contributed by atoms with Crippen LogP contribution in [0.15, 0.2) is 49.2 Å². The smallest absolute Gasteiger partial charge is 0.344 e. The summed E-state index contributed by atoms with van der Waals surface area (Å²) in [6.07, 6.45) is 1.86. The Morgan fingerprint density at radius 2 is 2.03 bits per heavy atom. The van der Waals surface area contributed by atoms with Crippen molar-refractivity contribution in [1.82, 2.24) is 9.66 Å². The first kappa shape index (κ1) is 23.9. The predicted molar refractivity (Wildman–Crippen MR) is 129 cm³/mol. The van der Waals surface area contributed by atoms with E-state index in [4.69, 9.17) is 14.6 Å². The number of hydrogen-bond acceptors (Lipinski definition) is 6. The van der Waals surface area contributed by atoms with Gasteiger partial charge in [0.1, 0.15) is 5.82 Å². The van der Waals surface area contributed by atoms with Gasteiger partial charge in [-0.15, -0.1) is 0 Å². The molecule has 0 radical (unpaired) electrons. The molecule has 3 rings (SSSR count). The van der Waals surface area contributed by atoms with Gasteiger partial charge >= 0.3 is 5.97 Å². The van der Waals surface area contributed by atoms with Crippen LogP contribution in [-0.4, -0.2) is 40.2 Å². The van der Waals surface area contributed by atoms with Crippen LogP contribution < -0.4 is 15.0 Å². The van der Waals surface area contributed by atoms with Gasteiger partial charge in [-0.05, 0) is 59.6 Å². The third-order valence-corrected chi connectivity index (χ3v) is 5.78. The minimum atomic E-state index is -1.09. The Morgan fingerprint density at radius 3 is 2.69 bits per heavy atom. The number of benzene rings is 2. The van der Waals surface area contributed by atoms with Crippen LogP contribution in [0.25, 0.3) is 10.9 Å². The summed E-state index contributed by atoms with van der Waals surface area (Å²) in [4.78, 5) is 28.8. The third kappa shape index (κ3) is 5.18. The summed E-state index contributed by atoms with van der Waals surface area (Å²) in [5, 5.41) is 14.0.